The molecule has 2 fully saturated rings. The van der Waals surface area contributed by atoms with Crippen molar-refractivity contribution >= 4 is 16.7 Å². The summed E-state index contributed by atoms with van der Waals surface area (Å²) in [6.45, 7) is 11.7. The third kappa shape index (κ3) is 4.27. The van der Waals surface area contributed by atoms with Crippen molar-refractivity contribution < 1.29 is 0 Å². The second kappa shape index (κ2) is 9.31. The number of piperidine rings is 1. The van der Waals surface area contributed by atoms with Gasteiger partial charge in [-0.3, -0.25) is 4.99 Å². The lowest BCUT2D eigenvalue weighted by molar-refractivity contribution is 0.0357. The molecule has 3 heterocycles. The zero-order valence-corrected chi connectivity index (χ0v) is 21.5. The summed E-state index contributed by atoms with van der Waals surface area (Å²) in [4.78, 5) is 7.41. The summed E-state index contributed by atoms with van der Waals surface area (Å²) in [7, 11) is 0. The summed E-state index contributed by atoms with van der Waals surface area (Å²) in [5.74, 6) is 2.87. The van der Waals surface area contributed by atoms with Crippen molar-refractivity contribution in [2.45, 2.75) is 45.4 Å². The van der Waals surface area contributed by atoms with Gasteiger partial charge in [-0.05, 0) is 78.3 Å². The molecule has 1 aromatic heterocycles. The standard InChI is InChI=1S/C32H36N4/c1-4-28(22(2)3)26-18-31(33-21-26)36-14-12-32(13-15-36)19-27(20-32)24-10-11-29-25(16-24)17-30(35-34-29)23-8-6-5-7-9-23/h4-11,16-18,22,27-28H,1,12-15,19-21H2,2-3H3. The molecule has 1 atom stereocenters. The zero-order valence-electron chi connectivity index (χ0n) is 21.5. The summed E-state index contributed by atoms with van der Waals surface area (Å²) in [6, 6.07) is 19.3. The van der Waals surface area contributed by atoms with Crippen LogP contribution in [0.15, 0.2) is 83.9 Å². The van der Waals surface area contributed by atoms with Gasteiger partial charge in [0.2, 0.25) is 0 Å². The number of fused-ring (bicyclic) bond motifs is 1. The van der Waals surface area contributed by atoms with E-state index in [0.29, 0.717) is 23.2 Å². The molecule has 1 spiro atoms. The Morgan fingerprint density at radius 2 is 1.78 bits per heavy atom. The van der Waals surface area contributed by atoms with E-state index in [9.17, 15) is 0 Å². The van der Waals surface area contributed by atoms with Crippen LogP contribution in [0.3, 0.4) is 0 Å². The van der Waals surface area contributed by atoms with Gasteiger partial charge in [0, 0.05) is 30.0 Å². The van der Waals surface area contributed by atoms with E-state index >= 15 is 0 Å². The van der Waals surface area contributed by atoms with Crippen LogP contribution in [0, 0.1) is 17.3 Å². The van der Waals surface area contributed by atoms with Crippen LogP contribution in [0.2, 0.25) is 0 Å². The normalized spacial score (nSPS) is 20.4. The lowest BCUT2D eigenvalue weighted by atomic mass is 9.56. The average molecular weight is 477 g/mol. The molecule has 36 heavy (non-hydrogen) atoms. The number of likely N-dealkylation sites (tertiary alicyclic amines) is 1. The number of aliphatic imine (C=N–C) groups is 1. The minimum atomic E-state index is 0.437. The molecule has 0 bridgehead atoms. The minimum Gasteiger partial charge on any atom is -0.357 e. The van der Waals surface area contributed by atoms with Gasteiger partial charge in [0.1, 0.15) is 5.84 Å². The molecule has 6 rings (SSSR count). The third-order valence-corrected chi connectivity index (χ3v) is 8.80. The molecule has 2 aromatic carbocycles. The van der Waals surface area contributed by atoms with Gasteiger partial charge in [-0.1, -0.05) is 56.3 Å². The van der Waals surface area contributed by atoms with E-state index in [2.05, 4.69) is 96.2 Å². The van der Waals surface area contributed by atoms with Crippen LogP contribution in [0.25, 0.3) is 22.2 Å². The smallest absolute Gasteiger partial charge is 0.123 e. The van der Waals surface area contributed by atoms with Crippen molar-refractivity contribution in [1.29, 1.82) is 0 Å². The van der Waals surface area contributed by atoms with Gasteiger partial charge in [-0.15, -0.1) is 16.8 Å². The highest BCUT2D eigenvalue weighted by molar-refractivity contribution is 5.95. The number of hydrogen-bond donors (Lipinski definition) is 0. The molecule has 1 aliphatic carbocycles. The summed E-state index contributed by atoms with van der Waals surface area (Å²) < 4.78 is 0. The predicted molar refractivity (Wildman–Crippen MR) is 149 cm³/mol. The highest BCUT2D eigenvalue weighted by Crippen LogP contribution is 2.57. The molecule has 1 unspecified atom stereocenters. The van der Waals surface area contributed by atoms with E-state index < -0.39 is 0 Å². The fourth-order valence-corrected chi connectivity index (χ4v) is 6.58. The molecule has 0 N–H and O–H groups in total. The van der Waals surface area contributed by atoms with E-state index in [1.165, 1.54) is 48.0 Å². The van der Waals surface area contributed by atoms with Crippen molar-refractivity contribution in [2.24, 2.45) is 22.2 Å². The molecule has 4 heteroatoms. The Bertz CT molecular complexity index is 1320. The average Bonchev–Trinajstić information content (AvgIpc) is 3.37. The fraction of sp³-hybridized carbons (Fsp3) is 0.406. The molecule has 1 saturated carbocycles. The van der Waals surface area contributed by atoms with E-state index in [1.54, 1.807) is 0 Å². The van der Waals surface area contributed by atoms with Crippen LogP contribution in [0.1, 0.15) is 51.0 Å². The number of benzene rings is 2. The number of nitrogens with zero attached hydrogens (tertiary/aromatic N) is 4. The molecule has 2 aliphatic heterocycles. The fourth-order valence-electron chi connectivity index (χ4n) is 6.58. The first-order valence-electron chi connectivity index (χ1n) is 13.5. The summed E-state index contributed by atoms with van der Waals surface area (Å²) in [6.07, 6.45) is 9.59. The second-order valence-electron chi connectivity index (χ2n) is 11.4. The maximum Gasteiger partial charge on any atom is 0.123 e. The van der Waals surface area contributed by atoms with E-state index in [4.69, 9.17) is 4.99 Å². The van der Waals surface area contributed by atoms with Crippen molar-refractivity contribution in [3.05, 3.63) is 84.5 Å². The van der Waals surface area contributed by atoms with E-state index in [1.807, 2.05) is 6.07 Å². The summed E-state index contributed by atoms with van der Waals surface area (Å²) >= 11 is 0. The Kier molecular flexibility index (Phi) is 5.99. The van der Waals surface area contributed by atoms with Crippen molar-refractivity contribution in [3.63, 3.8) is 0 Å². The Morgan fingerprint density at radius 1 is 1.00 bits per heavy atom. The lowest BCUT2D eigenvalue weighted by Crippen LogP contribution is -2.47. The molecule has 0 radical (unpaired) electrons. The Labute approximate surface area is 214 Å². The van der Waals surface area contributed by atoms with Crippen LogP contribution in [-0.4, -0.2) is 40.6 Å². The first-order valence-corrected chi connectivity index (χ1v) is 13.5. The largest absolute Gasteiger partial charge is 0.357 e. The van der Waals surface area contributed by atoms with Crippen molar-refractivity contribution in [1.82, 2.24) is 15.1 Å². The molecular weight excluding hydrogens is 440 g/mol. The SMILES string of the molecule is C=CC(C1=CC(N2CCC3(CC2)CC(c2ccc4nnc(-c5ccccc5)cc4c2)C3)=NC1)C(C)C. The monoisotopic (exact) mass is 476 g/mol. The highest BCUT2D eigenvalue weighted by atomic mass is 15.2. The van der Waals surface area contributed by atoms with E-state index in [0.717, 1.165) is 36.4 Å². The van der Waals surface area contributed by atoms with Gasteiger partial charge in [-0.2, -0.15) is 0 Å². The van der Waals surface area contributed by atoms with Gasteiger partial charge in [0.15, 0.2) is 0 Å². The molecule has 3 aromatic rings. The number of hydrogen-bond acceptors (Lipinski definition) is 4. The zero-order chi connectivity index (χ0) is 24.7. The van der Waals surface area contributed by atoms with Gasteiger partial charge >= 0.3 is 0 Å². The Morgan fingerprint density at radius 3 is 2.50 bits per heavy atom. The maximum atomic E-state index is 4.90. The van der Waals surface area contributed by atoms with Gasteiger partial charge < -0.3 is 4.90 Å². The number of aromatic nitrogens is 2. The molecule has 3 aliphatic rings. The molecule has 4 nitrogen and oxygen atoms in total. The molecule has 0 amide bonds. The first kappa shape index (κ1) is 23.1. The quantitative estimate of drug-likeness (QED) is 0.370. The summed E-state index contributed by atoms with van der Waals surface area (Å²) in [5, 5.41) is 10.1. The maximum absolute atomic E-state index is 4.90. The lowest BCUT2D eigenvalue weighted by Gasteiger charge is -2.53. The Balaban J connectivity index is 1.10. The molecule has 184 valence electrons. The van der Waals surface area contributed by atoms with Crippen LogP contribution < -0.4 is 0 Å². The van der Waals surface area contributed by atoms with Crippen molar-refractivity contribution in [2.75, 3.05) is 19.6 Å². The second-order valence-corrected chi connectivity index (χ2v) is 11.4. The van der Waals surface area contributed by atoms with Crippen molar-refractivity contribution in [3.8, 4) is 11.3 Å². The minimum absolute atomic E-state index is 0.437. The van der Waals surface area contributed by atoms with Gasteiger partial charge in [-0.25, -0.2) is 0 Å². The highest BCUT2D eigenvalue weighted by Gasteiger charge is 2.46. The Hall–Kier alpha value is -3.27. The third-order valence-electron chi connectivity index (χ3n) is 8.80. The number of amidine groups is 1. The van der Waals surface area contributed by atoms with Gasteiger partial charge in [0.25, 0.3) is 0 Å². The van der Waals surface area contributed by atoms with E-state index in [-0.39, 0.29) is 0 Å². The van der Waals surface area contributed by atoms with Crippen LogP contribution in [0.5, 0.6) is 0 Å². The molecule has 1 saturated heterocycles. The summed E-state index contributed by atoms with van der Waals surface area (Å²) in [5.41, 5.74) is 6.42. The predicted octanol–water partition coefficient (Wildman–Crippen LogP) is 7.05. The molecular formula is C32H36N4. The number of allylic oxidation sites excluding steroid dienone is 1. The first-order chi connectivity index (χ1) is 17.5. The van der Waals surface area contributed by atoms with Crippen LogP contribution in [-0.2, 0) is 0 Å². The topological polar surface area (TPSA) is 41.4 Å². The van der Waals surface area contributed by atoms with Crippen LogP contribution in [0.4, 0.5) is 0 Å². The van der Waals surface area contributed by atoms with Gasteiger partial charge in [0.05, 0.1) is 17.8 Å². The van der Waals surface area contributed by atoms with Crippen LogP contribution >= 0.6 is 0 Å². The number of rotatable bonds is 5.